The Balaban J connectivity index is 2.42. The van der Waals surface area contributed by atoms with Crippen LogP contribution in [0, 0.1) is 0 Å². The quantitative estimate of drug-likeness (QED) is 0.929. The highest BCUT2D eigenvalue weighted by Gasteiger charge is 2.11. The van der Waals surface area contributed by atoms with Crippen LogP contribution < -0.4 is 10.3 Å². The average molecular weight is 338 g/mol. The van der Waals surface area contributed by atoms with E-state index in [1.807, 2.05) is 0 Å². The monoisotopic (exact) mass is 337 g/mol. The zero-order chi connectivity index (χ0) is 14.7. The number of aromatic nitrogens is 1. The van der Waals surface area contributed by atoms with E-state index in [9.17, 15) is 9.59 Å². The number of hydrogen-bond donors (Lipinski definition) is 1. The maximum Gasteiger partial charge on any atom is 0.352 e. The van der Waals surface area contributed by atoms with E-state index in [4.69, 9.17) is 9.84 Å². The Morgan fingerprint density at radius 2 is 2.10 bits per heavy atom. The Labute approximate surface area is 123 Å². The fourth-order valence-electron chi connectivity index (χ4n) is 1.86. The van der Waals surface area contributed by atoms with Crippen LogP contribution in [0.4, 0.5) is 0 Å². The lowest BCUT2D eigenvalue weighted by Gasteiger charge is -2.11. The third-order valence-electron chi connectivity index (χ3n) is 2.83. The Morgan fingerprint density at radius 1 is 1.35 bits per heavy atom. The lowest BCUT2D eigenvalue weighted by Crippen LogP contribution is -2.25. The summed E-state index contributed by atoms with van der Waals surface area (Å²) in [6.07, 6.45) is 0. The summed E-state index contributed by atoms with van der Waals surface area (Å²) in [5.41, 5.74) is 0.412. The lowest BCUT2D eigenvalue weighted by molar-refractivity contribution is 0.0684. The summed E-state index contributed by atoms with van der Waals surface area (Å²) in [6.45, 7) is 0.184. The smallest absolute Gasteiger partial charge is 0.352 e. The van der Waals surface area contributed by atoms with Crippen molar-refractivity contribution in [3.05, 3.63) is 62.5 Å². The van der Waals surface area contributed by atoms with Gasteiger partial charge in [0.2, 0.25) is 0 Å². The summed E-state index contributed by atoms with van der Waals surface area (Å²) in [7, 11) is 1.56. The number of halogens is 1. The standard InChI is InChI=1S/C14H12BrNO4/c1-20-12-6-5-9(7-10(12)15)8-16-11(14(18)19)3-2-4-13(16)17/h2-7H,8H2,1H3,(H,18,19). The molecule has 6 heteroatoms. The largest absolute Gasteiger partial charge is 0.496 e. The van der Waals surface area contributed by atoms with Gasteiger partial charge in [0.1, 0.15) is 11.4 Å². The van der Waals surface area contributed by atoms with Crippen LogP contribution in [0.25, 0.3) is 0 Å². The maximum atomic E-state index is 11.8. The van der Waals surface area contributed by atoms with Gasteiger partial charge in [-0.2, -0.15) is 0 Å². The number of benzene rings is 1. The number of rotatable bonds is 4. The Kier molecular flexibility index (Phi) is 4.24. The molecule has 1 aromatic carbocycles. The molecular formula is C14H12BrNO4. The van der Waals surface area contributed by atoms with Crippen molar-refractivity contribution >= 4 is 21.9 Å². The van der Waals surface area contributed by atoms with Crippen molar-refractivity contribution in [3.8, 4) is 5.75 Å². The molecule has 0 aliphatic carbocycles. The van der Waals surface area contributed by atoms with Gasteiger partial charge in [-0.05, 0) is 39.7 Å². The van der Waals surface area contributed by atoms with Gasteiger partial charge in [-0.15, -0.1) is 0 Å². The van der Waals surface area contributed by atoms with Crippen LogP contribution in [0.3, 0.4) is 0 Å². The van der Waals surface area contributed by atoms with Gasteiger partial charge in [0.25, 0.3) is 5.56 Å². The normalized spacial score (nSPS) is 10.3. The van der Waals surface area contributed by atoms with Crippen LogP contribution in [0.15, 0.2) is 45.7 Å². The number of pyridine rings is 1. The predicted octanol–water partition coefficient (Wildman–Crippen LogP) is 2.37. The fraction of sp³-hybridized carbons (Fsp3) is 0.143. The third-order valence-corrected chi connectivity index (χ3v) is 3.45. The molecule has 5 nitrogen and oxygen atoms in total. The summed E-state index contributed by atoms with van der Waals surface area (Å²) < 4.78 is 7.09. The number of ether oxygens (including phenoxy) is 1. The number of carboxylic acid groups (broad SMARTS) is 1. The minimum Gasteiger partial charge on any atom is -0.496 e. The van der Waals surface area contributed by atoms with Crippen molar-refractivity contribution in [1.82, 2.24) is 4.57 Å². The zero-order valence-electron chi connectivity index (χ0n) is 10.7. The molecule has 0 spiro atoms. The van der Waals surface area contributed by atoms with Crippen molar-refractivity contribution in [3.63, 3.8) is 0 Å². The first kappa shape index (κ1) is 14.3. The average Bonchev–Trinajstić information content (AvgIpc) is 2.41. The second-order valence-corrected chi connectivity index (χ2v) is 4.96. The maximum absolute atomic E-state index is 11.8. The molecule has 0 radical (unpaired) electrons. The molecule has 0 aliphatic heterocycles. The van der Waals surface area contributed by atoms with Gasteiger partial charge in [-0.1, -0.05) is 12.1 Å². The summed E-state index contributed by atoms with van der Waals surface area (Å²) >= 11 is 3.36. The molecule has 104 valence electrons. The first-order valence-electron chi connectivity index (χ1n) is 5.78. The van der Waals surface area contributed by atoms with Gasteiger partial charge < -0.3 is 9.84 Å². The lowest BCUT2D eigenvalue weighted by atomic mass is 10.2. The van der Waals surface area contributed by atoms with Crippen molar-refractivity contribution in [1.29, 1.82) is 0 Å². The number of carboxylic acids is 1. The fourth-order valence-corrected chi connectivity index (χ4v) is 2.45. The second-order valence-electron chi connectivity index (χ2n) is 4.11. The minimum absolute atomic E-state index is 0.0376. The highest BCUT2D eigenvalue weighted by atomic mass is 79.9. The molecule has 0 saturated heterocycles. The Hall–Kier alpha value is -2.08. The molecule has 0 aliphatic rings. The summed E-state index contributed by atoms with van der Waals surface area (Å²) in [4.78, 5) is 23.0. The summed E-state index contributed by atoms with van der Waals surface area (Å²) in [5.74, 6) is -0.456. The van der Waals surface area contributed by atoms with Crippen LogP contribution in [0.1, 0.15) is 16.1 Å². The van der Waals surface area contributed by atoms with E-state index < -0.39 is 5.97 Å². The predicted molar refractivity (Wildman–Crippen MR) is 77.5 cm³/mol. The van der Waals surface area contributed by atoms with Gasteiger partial charge in [-0.25, -0.2) is 4.79 Å². The number of methoxy groups -OCH3 is 1. The molecule has 0 bridgehead atoms. The number of carbonyl (C=O) groups is 1. The third kappa shape index (κ3) is 2.91. The van der Waals surface area contributed by atoms with Gasteiger partial charge in [0.15, 0.2) is 0 Å². The molecule has 0 unspecified atom stereocenters. The molecular weight excluding hydrogens is 326 g/mol. The van der Waals surface area contributed by atoms with E-state index in [-0.39, 0.29) is 17.8 Å². The second kappa shape index (κ2) is 5.92. The van der Waals surface area contributed by atoms with Crippen LogP contribution in [-0.4, -0.2) is 22.8 Å². The topological polar surface area (TPSA) is 68.5 Å². The SMILES string of the molecule is COc1ccc(Cn2c(C(=O)O)cccc2=O)cc1Br. The van der Waals surface area contributed by atoms with Crippen LogP contribution in [0.2, 0.25) is 0 Å². The molecule has 2 rings (SSSR count). The molecule has 0 amide bonds. The summed E-state index contributed by atoms with van der Waals surface area (Å²) in [5, 5.41) is 9.12. The number of aromatic carboxylic acids is 1. The van der Waals surface area contributed by atoms with E-state index >= 15 is 0 Å². The molecule has 1 N–H and O–H groups in total. The molecule has 0 saturated carbocycles. The molecule has 20 heavy (non-hydrogen) atoms. The number of nitrogens with zero attached hydrogens (tertiary/aromatic N) is 1. The van der Waals surface area contributed by atoms with Crippen LogP contribution >= 0.6 is 15.9 Å². The van der Waals surface area contributed by atoms with Crippen molar-refractivity contribution in [2.24, 2.45) is 0 Å². The van der Waals surface area contributed by atoms with Gasteiger partial charge in [0.05, 0.1) is 18.1 Å². The molecule has 1 heterocycles. The van der Waals surface area contributed by atoms with Gasteiger partial charge >= 0.3 is 5.97 Å². The highest BCUT2D eigenvalue weighted by Crippen LogP contribution is 2.25. The van der Waals surface area contributed by atoms with Crippen LogP contribution in [-0.2, 0) is 6.54 Å². The van der Waals surface area contributed by atoms with Crippen molar-refractivity contribution < 1.29 is 14.6 Å². The molecule has 1 aromatic heterocycles. The van der Waals surface area contributed by atoms with Crippen LogP contribution in [0.5, 0.6) is 5.75 Å². The zero-order valence-corrected chi connectivity index (χ0v) is 12.3. The van der Waals surface area contributed by atoms with Crippen molar-refractivity contribution in [2.45, 2.75) is 6.54 Å². The van der Waals surface area contributed by atoms with E-state index in [0.29, 0.717) is 5.75 Å². The molecule has 2 aromatic rings. The Morgan fingerprint density at radius 3 is 2.70 bits per heavy atom. The summed E-state index contributed by atoms with van der Waals surface area (Å²) in [6, 6.07) is 9.52. The highest BCUT2D eigenvalue weighted by molar-refractivity contribution is 9.10. The molecule has 0 fully saturated rings. The van der Waals surface area contributed by atoms with Gasteiger partial charge in [0, 0.05) is 6.07 Å². The number of hydrogen-bond acceptors (Lipinski definition) is 3. The van der Waals surface area contributed by atoms with E-state index in [2.05, 4.69) is 15.9 Å². The minimum atomic E-state index is -1.13. The Bertz CT molecular complexity index is 709. The van der Waals surface area contributed by atoms with Crippen molar-refractivity contribution in [2.75, 3.05) is 7.11 Å². The first-order valence-corrected chi connectivity index (χ1v) is 6.58. The van der Waals surface area contributed by atoms with E-state index in [1.165, 1.54) is 22.8 Å². The van der Waals surface area contributed by atoms with E-state index in [1.54, 1.807) is 25.3 Å². The van der Waals surface area contributed by atoms with Gasteiger partial charge in [-0.3, -0.25) is 9.36 Å². The first-order chi connectivity index (χ1) is 9.52. The van der Waals surface area contributed by atoms with E-state index in [0.717, 1.165) is 10.0 Å². The molecule has 0 atom stereocenters.